The summed E-state index contributed by atoms with van der Waals surface area (Å²) in [5.41, 5.74) is 1.33. The van der Waals surface area contributed by atoms with Crippen LogP contribution in [0.2, 0.25) is 0 Å². The van der Waals surface area contributed by atoms with Crippen molar-refractivity contribution < 1.29 is 29.0 Å². The molecule has 2 aromatic carbocycles. The average molecular weight is 511 g/mol. The van der Waals surface area contributed by atoms with Crippen molar-refractivity contribution in [2.75, 3.05) is 13.2 Å². The van der Waals surface area contributed by atoms with Gasteiger partial charge in [-0.3, -0.25) is 19.2 Å². The highest BCUT2D eigenvalue weighted by Gasteiger charge is 2.31. The van der Waals surface area contributed by atoms with Crippen molar-refractivity contribution in [1.82, 2.24) is 21.3 Å². The Bertz CT molecular complexity index is 1090. The molecule has 0 saturated carbocycles. The van der Waals surface area contributed by atoms with E-state index < -0.39 is 54.3 Å². The quantitative estimate of drug-likeness (QED) is 0.362. The highest BCUT2D eigenvalue weighted by Crippen LogP contribution is 2.19. The van der Waals surface area contributed by atoms with Crippen LogP contribution < -0.4 is 26.0 Å². The SMILES string of the molecule is C[C@@H]1COc2ccccc2C(=O)N[C@H](C(=O)NCCCc2ccccc2)CC(=O)N[C@@H]([C@@H](C)O)C(=O)N1. The fourth-order valence-electron chi connectivity index (χ4n) is 3.91. The number of amides is 4. The number of aryl methyl sites for hydroxylation is 1. The summed E-state index contributed by atoms with van der Waals surface area (Å²) < 4.78 is 5.77. The van der Waals surface area contributed by atoms with E-state index in [1.165, 1.54) is 6.92 Å². The Hall–Kier alpha value is -3.92. The molecule has 0 saturated heterocycles. The fourth-order valence-corrected chi connectivity index (χ4v) is 3.91. The molecule has 0 spiro atoms. The van der Waals surface area contributed by atoms with E-state index >= 15 is 0 Å². The first-order chi connectivity index (χ1) is 17.7. The summed E-state index contributed by atoms with van der Waals surface area (Å²) >= 11 is 0. The van der Waals surface area contributed by atoms with Crippen LogP contribution in [-0.2, 0) is 20.8 Å². The molecule has 3 rings (SSSR count). The third kappa shape index (κ3) is 8.32. The lowest BCUT2D eigenvalue weighted by Crippen LogP contribution is -2.56. The number of benzene rings is 2. The molecule has 0 aliphatic carbocycles. The second-order valence-electron chi connectivity index (χ2n) is 9.11. The molecule has 1 heterocycles. The number of hydrogen-bond donors (Lipinski definition) is 5. The van der Waals surface area contributed by atoms with E-state index in [9.17, 15) is 24.3 Å². The van der Waals surface area contributed by atoms with Gasteiger partial charge >= 0.3 is 0 Å². The van der Waals surface area contributed by atoms with Crippen LogP contribution in [0.1, 0.15) is 42.6 Å². The molecule has 1 aliphatic heterocycles. The first-order valence-corrected chi connectivity index (χ1v) is 12.4. The molecule has 1 aliphatic rings. The number of ether oxygens (including phenoxy) is 1. The van der Waals surface area contributed by atoms with Crippen LogP contribution in [0.4, 0.5) is 0 Å². The maximum Gasteiger partial charge on any atom is 0.255 e. The summed E-state index contributed by atoms with van der Waals surface area (Å²) in [5, 5.41) is 20.7. The lowest BCUT2D eigenvalue weighted by molar-refractivity contribution is -0.133. The molecule has 37 heavy (non-hydrogen) atoms. The summed E-state index contributed by atoms with van der Waals surface area (Å²) in [4.78, 5) is 51.6. The molecule has 0 unspecified atom stereocenters. The van der Waals surface area contributed by atoms with Gasteiger partial charge in [0.05, 0.1) is 24.1 Å². The van der Waals surface area contributed by atoms with Gasteiger partial charge in [0, 0.05) is 6.54 Å². The Morgan fingerprint density at radius 1 is 1.05 bits per heavy atom. The lowest BCUT2D eigenvalue weighted by Gasteiger charge is -2.26. The van der Waals surface area contributed by atoms with Crippen molar-refractivity contribution >= 4 is 23.6 Å². The summed E-state index contributed by atoms with van der Waals surface area (Å²) in [6.45, 7) is 3.47. The smallest absolute Gasteiger partial charge is 0.255 e. The number of aliphatic hydroxyl groups is 1. The molecule has 5 N–H and O–H groups in total. The molecule has 4 atom stereocenters. The normalized spacial score (nSPS) is 21.7. The number of nitrogens with one attached hydrogen (secondary N) is 4. The third-order valence-electron chi connectivity index (χ3n) is 5.89. The Labute approximate surface area is 216 Å². The van der Waals surface area contributed by atoms with Gasteiger partial charge in [0.15, 0.2) is 0 Å². The van der Waals surface area contributed by atoms with Crippen molar-refractivity contribution in [2.24, 2.45) is 0 Å². The third-order valence-corrected chi connectivity index (χ3v) is 5.89. The molecular formula is C27H34N4O6. The van der Waals surface area contributed by atoms with Gasteiger partial charge in [0.25, 0.3) is 5.91 Å². The topological polar surface area (TPSA) is 146 Å². The minimum absolute atomic E-state index is 0.0435. The monoisotopic (exact) mass is 510 g/mol. The Kier molecular flexibility index (Phi) is 10.0. The van der Waals surface area contributed by atoms with Gasteiger partial charge in [-0.05, 0) is 44.4 Å². The van der Waals surface area contributed by atoms with E-state index in [0.717, 1.165) is 12.0 Å². The van der Waals surface area contributed by atoms with Crippen molar-refractivity contribution in [3.63, 3.8) is 0 Å². The van der Waals surface area contributed by atoms with Crippen molar-refractivity contribution in [3.8, 4) is 5.75 Å². The Morgan fingerprint density at radius 2 is 1.76 bits per heavy atom. The number of hydrogen-bond acceptors (Lipinski definition) is 6. The molecule has 198 valence electrons. The van der Waals surface area contributed by atoms with Crippen LogP contribution in [0.25, 0.3) is 0 Å². The van der Waals surface area contributed by atoms with Crippen LogP contribution in [0.5, 0.6) is 5.75 Å². The zero-order chi connectivity index (χ0) is 26.8. The second kappa shape index (κ2) is 13.4. The molecular weight excluding hydrogens is 476 g/mol. The zero-order valence-electron chi connectivity index (χ0n) is 21.0. The number of rotatable bonds is 6. The van der Waals surface area contributed by atoms with Crippen LogP contribution in [0.3, 0.4) is 0 Å². The number of aliphatic hydroxyl groups excluding tert-OH is 1. The summed E-state index contributed by atoms with van der Waals surface area (Å²) in [7, 11) is 0. The molecule has 4 amide bonds. The first-order valence-electron chi connectivity index (χ1n) is 12.4. The van der Waals surface area contributed by atoms with Gasteiger partial charge in [0.2, 0.25) is 17.7 Å². The van der Waals surface area contributed by atoms with Gasteiger partial charge in [-0.15, -0.1) is 0 Å². The van der Waals surface area contributed by atoms with E-state index in [4.69, 9.17) is 4.74 Å². The van der Waals surface area contributed by atoms with Crippen LogP contribution in [0, 0.1) is 0 Å². The van der Waals surface area contributed by atoms with Crippen molar-refractivity contribution in [1.29, 1.82) is 0 Å². The molecule has 10 nitrogen and oxygen atoms in total. The highest BCUT2D eigenvalue weighted by molar-refractivity contribution is 6.01. The average Bonchev–Trinajstić information content (AvgIpc) is 2.88. The Morgan fingerprint density at radius 3 is 2.49 bits per heavy atom. The predicted octanol–water partition coefficient (Wildman–Crippen LogP) is 0.687. The minimum atomic E-state index is -1.24. The summed E-state index contributed by atoms with van der Waals surface area (Å²) in [6.07, 6.45) is -0.189. The molecule has 2 aromatic rings. The maximum atomic E-state index is 13.1. The molecule has 10 heteroatoms. The van der Waals surface area contributed by atoms with E-state index in [0.29, 0.717) is 13.0 Å². The lowest BCUT2D eigenvalue weighted by atomic mass is 10.1. The molecule has 0 aromatic heterocycles. The van der Waals surface area contributed by atoms with E-state index in [1.807, 2.05) is 30.3 Å². The molecule has 0 radical (unpaired) electrons. The standard InChI is InChI=1S/C27H34N4O6/c1-17-16-37-22-13-7-6-12-20(22)25(34)30-21(15-23(33)31-24(18(2)32)27(36)29-17)26(35)28-14-8-11-19-9-4-3-5-10-19/h3-7,9-10,12-13,17-18,21,24,32H,8,11,14-16H2,1-2H3,(H,28,35)(H,29,36)(H,30,34)(H,31,33)/t17-,18-,21+,24+/m1/s1. The number of fused-ring (bicyclic) bond motifs is 1. The van der Waals surface area contributed by atoms with Gasteiger partial charge in [-0.2, -0.15) is 0 Å². The second-order valence-corrected chi connectivity index (χ2v) is 9.11. The zero-order valence-corrected chi connectivity index (χ0v) is 21.0. The van der Waals surface area contributed by atoms with E-state index in [1.54, 1.807) is 31.2 Å². The van der Waals surface area contributed by atoms with Gasteiger partial charge in [0.1, 0.15) is 24.4 Å². The van der Waals surface area contributed by atoms with Crippen molar-refractivity contribution in [3.05, 3.63) is 65.7 Å². The van der Waals surface area contributed by atoms with Crippen LogP contribution in [-0.4, -0.2) is 66.1 Å². The number of carbonyl (C=O) groups excluding carboxylic acids is 4. The minimum Gasteiger partial charge on any atom is -0.491 e. The van der Waals surface area contributed by atoms with E-state index in [2.05, 4.69) is 21.3 Å². The number of carbonyl (C=O) groups is 4. The largest absolute Gasteiger partial charge is 0.491 e. The summed E-state index contributed by atoms with van der Waals surface area (Å²) in [6, 6.07) is 13.4. The maximum absolute atomic E-state index is 13.1. The highest BCUT2D eigenvalue weighted by atomic mass is 16.5. The molecule has 0 fully saturated rings. The number of para-hydroxylation sites is 1. The van der Waals surface area contributed by atoms with E-state index in [-0.39, 0.29) is 17.9 Å². The Balaban J connectivity index is 1.77. The van der Waals surface area contributed by atoms with Crippen molar-refractivity contribution in [2.45, 2.75) is 57.3 Å². The summed E-state index contributed by atoms with van der Waals surface area (Å²) in [5.74, 6) is -2.09. The van der Waals surface area contributed by atoms with Gasteiger partial charge in [-0.1, -0.05) is 42.5 Å². The first kappa shape index (κ1) is 27.7. The van der Waals surface area contributed by atoms with Gasteiger partial charge < -0.3 is 31.1 Å². The van der Waals surface area contributed by atoms with Gasteiger partial charge in [-0.25, -0.2) is 0 Å². The van der Waals surface area contributed by atoms with Crippen LogP contribution in [0.15, 0.2) is 54.6 Å². The fraction of sp³-hybridized carbons (Fsp3) is 0.407. The van der Waals surface area contributed by atoms with Crippen LogP contribution >= 0.6 is 0 Å². The molecule has 0 bridgehead atoms. The predicted molar refractivity (Wildman–Crippen MR) is 137 cm³/mol.